The second-order valence-corrected chi connectivity index (χ2v) is 11.3. The van der Waals surface area contributed by atoms with Crippen molar-refractivity contribution in [1.82, 2.24) is 0 Å². The van der Waals surface area contributed by atoms with Crippen LogP contribution in [0.3, 0.4) is 0 Å². The molecule has 212 valence electrons. The summed E-state index contributed by atoms with van der Waals surface area (Å²) in [6, 6.07) is 48.3. The molecule has 0 spiro atoms. The molecule has 0 bridgehead atoms. The van der Waals surface area contributed by atoms with Gasteiger partial charge in [-0.05, 0) is 121 Å². The molecule has 7 aromatic rings. The second kappa shape index (κ2) is 10.7. The van der Waals surface area contributed by atoms with E-state index in [0.29, 0.717) is 13.2 Å². The van der Waals surface area contributed by atoms with E-state index in [4.69, 9.17) is 9.47 Å². The third-order valence-electron chi connectivity index (χ3n) is 8.77. The lowest BCUT2D eigenvalue weighted by atomic mass is 9.81. The Labute approximate surface area is 258 Å². The third kappa shape index (κ3) is 4.18. The Hall–Kier alpha value is -5.34. The molecule has 0 amide bonds. The van der Waals surface area contributed by atoms with E-state index in [-0.39, 0.29) is 0 Å². The van der Waals surface area contributed by atoms with Crippen molar-refractivity contribution in [2.75, 3.05) is 13.2 Å². The molecular weight excluding hydrogens is 536 g/mol. The van der Waals surface area contributed by atoms with Crippen molar-refractivity contribution in [3.8, 4) is 67.1 Å². The predicted octanol–water partition coefficient (Wildman–Crippen LogP) is 11.4. The Morgan fingerprint density at radius 1 is 0.409 bits per heavy atom. The SMILES string of the molecule is CCOc1ccc(-c2c3c(c(-c4ccc(OCC)cc4)c4cc(-c5ccccc5)ccc24)-c2cccc4cccc-3c24)cc1. The summed E-state index contributed by atoms with van der Waals surface area (Å²) in [7, 11) is 0. The third-order valence-corrected chi connectivity index (χ3v) is 8.77. The van der Waals surface area contributed by atoms with Crippen molar-refractivity contribution in [3.63, 3.8) is 0 Å². The molecule has 0 N–H and O–H groups in total. The summed E-state index contributed by atoms with van der Waals surface area (Å²) in [5, 5.41) is 5.06. The van der Waals surface area contributed by atoms with E-state index in [2.05, 4.69) is 133 Å². The first-order chi connectivity index (χ1) is 21.7. The van der Waals surface area contributed by atoms with Crippen LogP contribution < -0.4 is 9.47 Å². The van der Waals surface area contributed by atoms with Gasteiger partial charge in [0.15, 0.2) is 0 Å². The van der Waals surface area contributed by atoms with E-state index < -0.39 is 0 Å². The minimum absolute atomic E-state index is 0.645. The van der Waals surface area contributed by atoms with Gasteiger partial charge in [0.1, 0.15) is 11.5 Å². The normalized spacial score (nSPS) is 11.6. The maximum Gasteiger partial charge on any atom is 0.119 e. The van der Waals surface area contributed by atoms with Crippen LogP contribution in [0.2, 0.25) is 0 Å². The molecule has 0 saturated carbocycles. The molecule has 0 aromatic heterocycles. The summed E-state index contributed by atoms with van der Waals surface area (Å²) in [4.78, 5) is 0. The lowest BCUT2D eigenvalue weighted by Crippen LogP contribution is -1.95. The van der Waals surface area contributed by atoms with Gasteiger partial charge in [0.25, 0.3) is 0 Å². The smallest absolute Gasteiger partial charge is 0.119 e. The standard InChI is InChI=1S/C42H32O2/c1-3-43-32-21-16-29(17-22-32)39-34-25-20-31(27-10-6-5-7-11-27)26-37(34)40(30-18-23-33(24-19-30)44-4-2)42-36-15-9-13-28-12-8-14-35(38(28)36)41(39)42/h5-26H,3-4H2,1-2H3. The molecule has 2 nitrogen and oxygen atoms in total. The number of fused-ring (bicyclic) bond motifs is 4. The van der Waals surface area contributed by atoms with Crippen LogP contribution in [0.5, 0.6) is 11.5 Å². The van der Waals surface area contributed by atoms with Crippen molar-refractivity contribution in [3.05, 3.63) is 133 Å². The first-order valence-corrected chi connectivity index (χ1v) is 15.4. The molecule has 0 atom stereocenters. The molecule has 1 aliphatic rings. The maximum atomic E-state index is 5.84. The summed E-state index contributed by atoms with van der Waals surface area (Å²) >= 11 is 0. The Morgan fingerprint density at radius 2 is 0.932 bits per heavy atom. The van der Waals surface area contributed by atoms with Gasteiger partial charge in [-0.15, -0.1) is 0 Å². The van der Waals surface area contributed by atoms with E-state index in [0.717, 1.165) is 11.5 Å². The number of hydrogen-bond acceptors (Lipinski definition) is 2. The summed E-state index contributed by atoms with van der Waals surface area (Å²) < 4.78 is 11.7. The van der Waals surface area contributed by atoms with E-state index in [9.17, 15) is 0 Å². The van der Waals surface area contributed by atoms with Crippen molar-refractivity contribution in [2.45, 2.75) is 13.8 Å². The van der Waals surface area contributed by atoms with Crippen LogP contribution >= 0.6 is 0 Å². The molecule has 7 aromatic carbocycles. The van der Waals surface area contributed by atoms with Crippen molar-refractivity contribution in [1.29, 1.82) is 0 Å². The second-order valence-electron chi connectivity index (χ2n) is 11.3. The van der Waals surface area contributed by atoms with Crippen LogP contribution in [0.4, 0.5) is 0 Å². The van der Waals surface area contributed by atoms with Gasteiger partial charge >= 0.3 is 0 Å². The van der Waals surface area contributed by atoms with Gasteiger partial charge in [-0.2, -0.15) is 0 Å². The lowest BCUT2D eigenvalue weighted by molar-refractivity contribution is 0.340. The molecule has 44 heavy (non-hydrogen) atoms. The molecule has 1 aliphatic carbocycles. The van der Waals surface area contributed by atoms with Crippen molar-refractivity contribution in [2.24, 2.45) is 0 Å². The molecule has 0 aliphatic heterocycles. The average Bonchev–Trinajstić information content (AvgIpc) is 3.40. The summed E-state index contributed by atoms with van der Waals surface area (Å²) in [6.45, 7) is 5.34. The van der Waals surface area contributed by atoms with Gasteiger partial charge in [-0.25, -0.2) is 0 Å². The van der Waals surface area contributed by atoms with Gasteiger partial charge in [-0.3, -0.25) is 0 Å². The maximum absolute atomic E-state index is 5.84. The first-order valence-electron chi connectivity index (χ1n) is 15.4. The molecular formula is C42H32O2. The van der Waals surface area contributed by atoms with Crippen LogP contribution in [0.1, 0.15) is 13.8 Å². The van der Waals surface area contributed by atoms with Gasteiger partial charge < -0.3 is 9.47 Å². The quantitative estimate of drug-likeness (QED) is 0.190. The molecule has 0 heterocycles. The monoisotopic (exact) mass is 568 g/mol. The highest BCUT2D eigenvalue weighted by atomic mass is 16.5. The predicted molar refractivity (Wildman–Crippen MR) is 185 cm³/mol. The molecule has 0 fully saturated rings. The lowest BCUT2D eigenvalue weighted by Gasteiger charge is -2.21. The molecule has 0 radical (unpaired) electrons. The van der Waals surface area contributed by atoms with Gasteiger partial charge in [0.05, 0.1) is 13.2 Å². The van der Waals surface area contributed by atoms with Gasteiger partial charge in [0.2, 0.25) is 0 Å². The van der Waals surface area contributed by atoms with Crippen LogP contribution in [0.25, 0.3) is 77.2 Å². The highest BCUT2D eigenvalue weighted by Gasteiger charge is 2.30. The highest BCUT2D eigenvalue weighted by molar-refractivity contribution is 6.27. The molecule has 2 heteroatoms. The Bertz CT molecular complexity index is 2150. The van der Waals surface area contributed by atoms with E-state index in [1.165, 1.54) is 77.2 Å². The largest absolute Gasteiger partial charge is 0.494 e. The van der Waals surface area contributed by atoms with Crippen molar-refractivity contribution >= 4 is 21.5 Å². The Kier molecular flexibility index (Phi) is 6.42. The van der Waals surface area contributed by atoms with Crippen LogP contribution in [-0.4, -0.2) is 13.2 Å². The molecule has 0 saturated heterocycles. The topological polar surface area (TPSA) is 18.5 Å². The fourth-order valence-corrected chi connectivity index (χ4v) is 6.96. The number of ether oxygens (including phenoxy) is 2. The van der Waals surface area contributed by atoms with Crippen LogP contribution in [0.15, 0.2) is 133 Å². The number of hydrogen-bond donors (Lipinski definition) is 0. The number of rotatable bonds is 7. The Morgan fingerprint density at radius 3 is 1.48 bits per heavy atom. The van der Waals surface area contributed by atoms with Crippen LogP contribution in [0, 0.1) is 0 Å². The zero-order chi connectivity index (χ0) is 29.6. The summed E-state index contributed by atoms with van der Waals surface area (Å²) in [5.74, 6) is 1.78. The first kappa shape index (κ1) is 26.3. The number of benzene rings is 7. The minimum atomic E-state index is 0.645. The average molecular weight is 569 g/mol. The van der Waals surface area contributed by atoms with Crippen molar-refractivity contribution < 1.29 is 9.47 Å². The van der Waals surface area contributed by atoms with Gasteiger partial charge in [0, 0.05) is 0 Å². The zero-order valence-electron chi connectivity index (χ0n) is 24.9. The van der Waals surface area contributed by atoms with Crippen LogP contribution in [-0.2, 0) is 0 Å². The van der Waals surface area contributed by atoms with E-state index >= 15 is 0 Å². The summed E-state index contributed by atoms with van der Waals surface area (Å²) in [5.41, 5.74) is 12.5. The zero-order valence-corrected chi connectivity index (χ0v) is 24.9. The molecule has 8 rings (SSSR count). The fraction of sp³-hybridized carbons (Fsp3) is 0.0952. The Balaban J connectivity index is 1.52. The molecule has 0 unspecified atom stereocenters. The van der Waals surface area contributed by atoms with E-state index in [1.54, 1.807) is 0 Å². The van der Waals surface area contributed by atoms with E-state index in [1.807, 2.05) is 13.8 Å². The van der Waals surface area contributed by atoms with Gasteiger partial charge in [-0.1, -0.05) is 103 Å². The highest BCUT2D eigenvalue weighted by Crippen LogP contribution is 2.58. The minimum Gasteiger partial charge on any atom is -0.494 e. The fourth-order valence-electron chi connectivity index (χ4n) is 6.96. The summed E-state index contributed by atoms with van der Waals surface area (Å²) in [6.07, 6.45) is 0.